The molecule has 5 rings (SSSR count). The second kappa shape index (κ2) is 12.8. The fourth-order valence-corrected chi connectivity index (χ4v) is 7.18. The van der Waals surface area contributed by atoms with Gasteiger partial charge in [0.1, 0.15) is 47.5 Å². The second-order valence-corrected chi connectivity index (χ2v) is 12.8. The Balaban J connectivity index is 1.38. The molecular weight excluding hydrogens is 591 g/mol. The van der Waals surface area contributed by atoms with Gasteiger partial charge in [-0.1, -0.05) is 44.9 Å². The Labute approximate surface area is 254 Å². The van der Waals surface area contributed by atoms with E-state index in [9.17, 15) is 24.8 Å². The third kappa shape index (κ3) is 5.91. The lowest BCUT2D eigenvalue weighted by molar-refractivity contribution is -0.156. The van der Waals surface area contributed by atoms with Gasteiger partial charge in [-0.15, -0.1) is 0 Å². The minimum absolute atomic E-state index is 0.105. The number of nitriles is 1. The first-order chi connectivity index (χ1) is 21.1. The molecule has 1 aromatic carbocycles. The lowest BCUT2D eigenvalue weighted by atomic mass is 9.78. The number of esters is 1. The lowest BCUT2D eigenvalue weighted by Gasteiger charge is -2.41. The zero-order valence-electron chi connectivity index (χ0n) is 24.5. The first-order valence-corrected chi connectivity index (χ1v) is 16.1. The number of ether oxygens (including phenoxy) is 2. The molecule has 14 nitrogen and oxygen atoms in total. The molecule has 2 aromatic heterocycles. The summed E-state index contributed by atoms with van der Waals surface area (Å²) in [5.74, 6) is 0.00171. The van der Waals surface area contributed by atoms with Crippen LogP contribution in [0, 0.1) is 17.2 Å². The van der Waals surface area contributed by atoms with Gasteiger partial charge in [-0.05, 0) is 49.4 Å². The third-order valence-corrected chi connectivity index (χ3v) is 10.1. The minimum Gasteiger partial charge on any atom is -0.464 e. The number of nitrogens with zero attached hydrogens (tertiary/aromatic N) is 4. The summed E-state index contributed by atoms with van der Waals surface area (Å²) in [6, 6.07) is 13.3. The Morgan fingerprint density at radius 2 is 1.98 bits per heavy atom. The highest BCUT2D eigenvalue weighted by Crippen LogP contribution is 2.51. The molecule has 3 aromatic rings. The lowest BCUT2D eigenvalue weighted by Crippen LogP contribution is -2.57. The molecule has 2 fully saturated rings. The summed E-state index contributed by atoms with van der Waals surface area (Å²) in [7, 11) is -4.35. The Morgan fingerprint density at radius 3 is 2.61 bits per heavy atom. The van der Waals surface area contributed by atoms with Crippen LogP contribution in [-0.4, -0.2) is 67.8 Å². The number of benzene rings is 1. The predicted octanol–water partition coefficient (Wildman–Crippen LogP) is 2.85. The van der Waals surface area contributed by atoms with E-state index in [4.69, 9.17) is 24.3 Å². The van der Waals surface area contributed by atoms with Gasteiger partial charge in [0.25, 0.3) is 0 Å². The van der Waals surface area contributed by atoms with Crippen LogP contribution < -0.4 is 15.3 Å². The molecule has 236 valence electrons. The van der Waals surface area contributed by atoms with E-state index >= 15 is 0 Å². The van der Waals surface area contributed by atoms with Gasteiger partial charge >= 0.3 is 13.7 Å². The van der Waals surface area contributed by atoms with E-state index in [1.165, 1.54) is 16.9 Å². The van der Waals surface area contributed by atoms with Crippen LogP contribution in [0.25, 0.3) is 5.52 Å². The summed E-state index contributed by atoms with van der Waals surface area (Å²) in [6.45, 7) is 3.71. The fraction of sp³-hybridized carbons (Fsp3) is 0.517. The molecule has 0 bridgehead atoms. The van der Waals surface area contributed by atoms with Gasteiger partial charge in [0.05, 0.1) is 18.9 Å². The van der Waals surface area contributed by atoms with Gasteiger partial charge in [0, 0.05) is 0 Å². The van der Waals surface area contributed by atoms with E-state index in [2.05, 4.69) is 15.2 Å². The van der Waals surface area contributed by atoms with Gasteiger partial charge in [-0.25, -0.2) is 14.1 Å². The maximum absolute atomic E-state index is 14.3. The number of carbonyl (C=O) groups excluding carboxylic acids is 1. The average Bonchev–Trinajstić information content (AvgIpc) is 3.55. The van der Waals surface area contributed by atoms with Crippen LogP contribution >= 0.6 is 7.75 Å². The number of fused-ring (bicyclic) bond motifs is 1. The summed E-state index contributed by atoms with van der Waals surface area (Å²) in [6.07, 6.45) is -0.421. The highest BCUT2D eigenvalue weighted by atomic mass is 31.2. The molecule has 1 aliphatic heterocycles. The third-order valence-electron chi connectivity index (χ3n) is 8.42. The van der Waals surface area contributed by atoms with Crippen LogP contribution in [0.3, 0.4) is 0 Å². The highest BCUT2D eigenvalue weighted by Gasteiger charge is 2.58. The molecule has 3 heterocycles. The number of aliphatic hydroxyl groups is 2. The Morgan fingerprint density at radius 1 is 1.25 bits per heavy atom. The molecule has 1 saturated heterocycles. The van der Waals surface area contributed by atoms with Crippen molar-refractivity contribution in [2.75, 3.05) is 18.9 Å². The van der Waals surface area contributed by atoms with E-state index in [1.807, 2.05) is 19.9 Å². The normalized spacial score (nSPS) is 25.7. The number of carbonyl (C=O) groups is 1. The van der Waals surface area contributed by atoms with E-state index in [0.29, 0.717) is 24.8 Å². The van der Waals surface area contributed by atoms with Gasteiger partial charge < -0.3 is 29.9 Å². The summed E-state index contributed by atoms with van der Waals surface area (Å²) in [5, 5.41) is 39.2. The first-order valence-electron chi connectivity index (χ1n) is 14.6. The van der Waals surface area contributed by atoms with Crippen molar-refractivity contribution in [1.29, 1.82) is 5.26 Å². The molecule has 5 N–H and O–H groups in total. The molecule has 1 unspecified atom stereocenters. The van der Waals surface area contributed by atoms with E-state index in [1.54, 1.807) is 36.4 Å². The van der Waals surface area contributed by atoms with Crippen molar-refractivity contribution in [3.8, 4) is 11.8 Å². The number of nitrogen functional groups attached to an aromatic ring is 1. The number of hydrogen-bond acceptors (Lipinski definition) is 12. The molecule has 5 atom stereocenters. The Kier molecular flexibility index (Phi) is 9.27. The minimum atomic E-state index is -4.35. The topological polar surface area (TPSA) is 204 Å². The smallest absolute Gasteiger partial charge is 0.459 e. The number of aliphatic hydroxyl groups excluding tert-OH is 2. The molecule has 2 aliphatic rings. The van der Waals surface area contributed by atoms with Crippen LogP contribution in [0.15, 0.2) is 48.8 Å². The largest absolute Gasteiger partial charge is 0.464 e. The molecule has 1 aliphatic carbocycles. The SMILES string of the molecule is CCC(CC)COC(=O)C1(NP(=O)(OC[C@H]2O[C@@](C#N)(c3ccc4c(N)ncnn34)[C@H](O)[C@@H]2O)Oc2ccccc2)CCC1. The predicted molar refractivity (Wildman–Crippen MR) is 157 cm³/mol. The van der Waals surface area contributed by atoms with Crippen LogP contribution in [-0.2, 0) is 29.0 Å². The monoisotopic (exact) mass is 628 g/mol. The molecule has 0 radical (unpaired) electrons. The number of nitrogens with one attached hydrogen (secondary N) is 1. The maximum atomic E-state index is 14.3. The van der Waals surface area contributed by atoms with Crippen molar-refractivity contribution < 1.29 is 38.1 Å². The molecular formula is C29H37N6O8P. The number of hydrogen-bond donors (Lipinski definition) is 4. The molecule has 15 heteroatoms. The van der Waals surface area contributed by atoms with Crippen molar-refractivity contribution in [2.45, 2.75) is 75.4 Å². The maximum Gasteiger partial charge on any atom is 0.459 e. The zero-order chi connectivity index (χ0) is 31.5. The number of anilines is 1. The highest BCUT2D eigenvalue weighted by molar-refractivity contribution is 7.52. The second-order valence-electron chi connectivity index (χ2n) is 11.1. The number of aromatic nitrogens is 3. The van der Waals surface area contributed by atoms with Crippen molar-refractivity contribution in [1.82, 2.24) is 19.7 Å². The summed E-state index contributed by atoms with van der Waals surface area (Å²) >= 11 is 0. The summed E-state index contributed by atoms with van der Waals surface area (Å²) in [5.41, 5.74) is 3.02. The molecule has 1 saturated carbocycles. The van der Waals surface area contributed by atoms with Crippen LogP contribution in [0.1, 0.15) is 51.6 Å². The van der Waals surface area contributed by atoms with Gasteiger partial charge in [-0.3, -0.25) is 9.32 Å². The van der Waals surface area contributed by atoms with Crippen LogP contribution in [0.2, 0.25) is 0 Å². The Bertz CT molecular complexity index is 1560. The number of rotatable bonds is 13. The van der Waals surface area contributed by atoms with Gasteiger partial charge in [0.2, 0.25) is 5.60 Å². The number of nitrogens with two attached hydrogens (primary N) is 1. The number of para-hydroxylation sites is 1. The molecule has 44 heavy (non-hydrogen) atoms. The van der Waals surface area contributed by atoms with E-state index in [0.717, 1.165) is 12.8 Å². The van der Waals surface area contributed by atoms with Crippen molar-refractivity contribution in [3.05, 3.63) is 54.5 Å². The molecule has 0 spiro atoms. The quantitative estimate of drug-likeness (QED) is 0.159. The van der Waals surface area contributed by atoms with Crippen molar-refractivity contribution in [3.63, 3.8) is 0 Å². The molecule has 0 amide bonds. The fourth-order valence-electron chi connectivity index (χ4n) is 5.43. The van der Waals surface area contributed by atoms with E-state index in [-0.39, 0.29) is 29.8 Å². The first kappa shape index (κ1) is 31.8. The Hall–Kier alpha value is -3.57. The van der Waals surface area contributed by atoms with Crippen molar-refractivity contribution in [2.24, 2.45) is 5.92 Å². The van der Waals surface area contributed by atoms with E-state index < -0.39 is 49.8 Å². The average molecular weight is 629 g/mol. The summed E-state index contributed by atoms with van der Waals surface area (Å²) < 4.78 is 38.8. The summed E-state index contributed by atoms with van der Waals surface area (Å²) in [4.78, 5) is 17.2. The standard InChI is InChI=1S/C29H37N6O8P/c1-3-19(4-2)15-40-27(38)28(13-8-14-28)34-44(39,43-20-9-6-5-7-10-20)41-16-22-24(36)25(37)29(17-30,42-22)23-12-11-21-26(31)32-18-33-35(21)23/h5-7,9-12,18-19,22,24-25,36-37H,3-4,8,13-16H2,1-2H3,(H,34,39)(H2,31,32,33)/t22-,24-,25-,29+,44?/m1/s1. The van der Waals surface area contributed by atoms with Gasteiger partial charge in [-0.2, -0.15) is 15.4 Å². The van der Waals surface area contributed by atoms with Crippen molar-refractivity contribution >= 4 is 25.1 Å². The van der Waals surface area contributed by atoms with Crippen LogP contribution in [0.4, 0.5) is 5.82 Å². The van der Waals surface area contributed by atoms with Gasteiger partial charge in [0.15, 0.2) is 5.82 Å². The zero-order valence-corrected chi connectivity index (χ0v) is 25.4. The van der Waals surface area contributed by atoms with Crippen LogP contribution in [0.5, 0.6) is 5.75 Å².